The largest absolute Gasteiger partial charge is 0.542 e. The minimum absolute atomic E-state index is 0.447. The average Bonchev–Trinajstić information content (AvgIpc) is 2.25. The first kappa shape index (κ1) is 13.9. The second kappa shape index (κ2) is 5.93. The molecule has 0 aliphatic heterocycles. The molecule has 0 radical (unpaired) electrons. The predicted molar refractivity (Wildman–Crippen MR) is 71.5 cm³/mol. The summed E-state index contributed by atoms with van der Waals surface area (Å²) in [4.78, 5) is 0. The van der Waals surface area contributed by atoms with Crippen molar-refractivity contribution in [1.82, 2.24) is 0 Å². The van der Waals surface area contributed by atoms with Crippen molar-refractivity contribution in [3.05, 3.63) is 18.2 Å². The molecule has 2 N–H and O–H groups in total. The summed E-state index contributed by atoms with van der Waals surface area (Å²) in [5.74, 6) is 2.05. The molecule has 0 aliphatic rings. The van der Waals surface area contributed by atoms with Gasteiger partial charge in [0.05, 0.1) is 7.11 Å². The molecule has 0 aromatic heterocycles. The molecule has 0 spiro atoms. The van der Waals surface area contributed by atoms with E-state index in [1.54, 1.807) is 7.11 Å². The third kappa shape index (κ3) is 4.28. The summed E-state index contributed by atoms with van der Waals surface area (Å²) < 4.78 is 16.8. The number of rotatable bonds is 6. The van der Waals surface area contributed by atoms with Crippen molar-refractivity contribution in [1.29, 1.82) is 0 Å². The van der Waals surface area contributed by atoms with E-state index < -0.39 is 8.32 Å². The minimum atomic E-state index is -1.67. The monoisotopic (exact) mass is 255 g/mol. The van der Waals surface area contributed by atoms with Crippen LogP contribution in [0.5, 0.6) is 17.2 Å². The summed E-state index contributed by atoms with van der Waals surface area (Å²) in [5.41, 5.74) is 5.45. The molecule has 5 heteroatoms. The van der Waals surface area contributed by atoms with Crippen LogP contribution >= 0.6 is 0 Å². The minimum Gasteiger partial charge on any atom is -0.542 e. The van der Waals surface area contributed by atoms with Crippen molar-refractivity contribution < 1.29 is 13.9 Å². The van der Waals surface area contributed by atoms with Crippen LogP contribution in [0.3, 0.4) is 0 Å². The van der Waals surface area contributed by atoms with Crippen LogP contribution in [0.15, 0.2) is 18.2 Å². The molecule has 0 bridgehead atoms. The first-order valence-corrected chi connectivity index (χ1v) is 9.07. The van der Waals surface area contributed by atoms with Crippen LogP contribution in [0.2, 0.25) is 19.6 Å². The van der Waals surface area contributed by atoms with E-state index in [2.05, 4.69) is 19.6 Å². The number of ether oxygens (including phenoxy) is 2. The highest BCUT2D eigenvalue weighted by molar-refractivity contribution is 6.70. The van der Waals surface area contributed by atoms with Crippen LogP contribution in [-0.4, -0.2) is 28.6 Å². The fraction of sp³-hybridized carbons (Fsp3) is 0.500. The lowest BCUT2D eigenvalue weighted by Crippen LogP contribution is -2.29. The Bertz CT molecular complexity index is 363. The van der Waals surface area contributed by atoms with Gasteiger partial charge in [-0.25, -0.2) is 0 Å². The van der Waals surface area contributed by atoms with Gasteiger partial charge in [0.15, 0.2) is 11.5 Å². The Balaban J connectivity index is 3.01. The Hall–Kier alpha value is -1.20. The van der Waals surface area contributed by atoms with Gasteiger partial charge in [0, 0.05) is 6.54 Å². The standard InChI is InChI=1S/C12H21NO3Si/c1-14-10-6-5-7-11(16-17(2,3)4)12(10)15-9-8-13/h5-7H,8-9,13H2,1-4H3. The van der Waals surface area contributed by atoms with Crippen LogP contribution in [0.4, 0.5) is 0 Å². The summed E-state index contributed by atoms with van der Waals surface area (Å²) in [6.45, 7) is 7.28. The van der Waals surface area contributed by atoms with Crippen molar-refractivity contribution in [2.24, 2.45) is 5.73 Å². The van der Waals surface area contributed by atoms with E-state index in [4.69, 9.17) is 19.6 Å². The maximum absolute atomic E-state index is 5.97. The molecule has 1 aromatic rings. The third-order valence-corrected chi connectivity index (χ3v) is 2.78. The summed E-state index contributed by atoms with van der Waals surface area (Å²) in [5, 5.41) is 0. The zero-order valence-corrected chi connectivity index (χ0v) is 11.9. The van der Waals surface area contributed by atoms with Crippen molar-refractivity contribution in [2.75, 3.05) is 20.3 Å². The molecule has 4 nitrogen and oxygen atoms in total. The summed E-state index contributed by atoms with van der Waals surface area (Å²) >= 11 is 0. The molecule has 17 heavy (non-hydrogen) atoms. The number of para-hydroxylation sites is 1. The van der Waals surface area contributed by atoms with E-state index in [1.807, 2.05) is 18.2 Å². The summed E-state index contributed by atoms with van der Waals surface area (Å²) in [7, 11) is -0.0571. The topological polar surface area (TPSA) is 53.7 Å². The van der Waals surface area contributed by atoms with E-state index in [1.165, 1.54) is 0 Å². The second-order valence-electron chi connectivity index (χ2n) is 4.64. The molecule has 0 saturated carbocycles. The normalized spacial score (nSPS) is 11.1. The van der Waals surface area contributed by atoms with E-state index in [9.17, 15) is 0 Å². The van der Waals surface area contributed by atoms with Crippen molar-refractivity contribution in [2.45, 2.75) is 19.6 Å². The molecule has 0 atom stereocenters. The Morgan fingerprint density at radius 3 is 2.35 bits per heavy atom. The molecular weight excluding hydrogens is 234 g/mol. The molecule has 1 rings (SSSR count). The molecule has 0 amide bonds. The Morgan fingerprint density at radius 2 is 1.82 bits per heavy atom. The van der Waals surface area contributed by atoms with E-state index in [-0.39, 0.29) is 0 Å². The maximum Gasteiger partial charge on any atom is 0.242 e. The van der Waals surface area contributed by atoms with Gasteiger partial charge in [-0.3, -0.25) is 0 Å². The first-order chi connectivity index (χ1) is 7.98. The molecule has 0 aliphatic carbocycles. The van der Waals surface area contributed by atoms with Crippen LogP contribution < -0.4 is 19.6 Å². The smallest absolute Gasteiger partial charge is 0.242 e. The number of hydrogen-bond acceptors (Lipinski definition) is 4. The van der Waals surface area contributed by atoms with E-state index in [0.717, 1.165) is 5.75 Å². The van der Waals surface area contributed by atoms with Gasteiger partial charge >= 0.3 is 0 Å². The van der Waals surface area contributed by atoms with E-state index in [0.29, 0.717) is 24.7 Å². The summed E-state index contributed by atoms with van der Waals surface area (Å²) in [6.07, 6.45) is 0. The lowest BCUT2D eigenvalue weighted by Gasteiger charge is -2.22. The van der Waals surface area contributed by atoms with Crippen LogP contribution in [-0.2, 0) is 0 Å². The molecule has 0 unspecified atom stereocenters. The number of hydrogen-bond donors (Lipinski definition) is 1. The Labute approximate surface area is 104 Å². The second-order valence-corrected chi connectivity index (χ2v) is 9.07. The quantitative estimate of drug-likeness (QED) is 0.792. The highest BCUT2D eigenvalue weighted by atomic mass is 28.4. The zero-order chi connectivity index (χ0) is 12.9. The summed E-state index contributed by atoms with van der Waals surface area (Å²) in [6, 6.07) is 5.64. The molecule has 96 valence electrons. The highest BCUT2D eigenvalue weighted by Gasteiger charge is 2.20. The molecule has 0 saturated heterocycles. The molecular formula is C12H21NO3Si. The van der Waals surface area contributed by atoms with Crippen molar-refractivity contribution in [3.8, 4) is 17.2 Å². The zero-order valence-electron chi connectivity index (χ0n) is 10.9. The van der Waals surface area contributed by atoms with Crippen LogP contribution in [0.25, 0.3) is 0 Å². The van der Waals surface area contributed by atoms with Gasteiger partial charge in [-0.2, -0.15) is 0 Å². The van der Waals surface area contributed by atoms with Crippen LogP contribution in [0.1, 0.15) is 0 Å². The predicted octanol–water partition coefficient (Wildman–Crippen LogP) is 2.25. The van der Waals surface area contributed by atoms with Gasteiger partial charge in [-0.15, -0.1) is 0 Å². The van der Waals surface area contributed by atoms with Gasteiger partial charge in [-0.1, -0.05) is 6.07 Å². The number of benzene rings is 1. The third-order valence-electron chi connectivity index (χ3n) is 1.94. The van der Waals surface area contributed by atoms with Gasteiger partial charge in [0.2, 0.25) is 14.1 Å². The average molecular weight is 255 g/mol. The molecule has 0 fully saturated rings. The van der Waals surface area contributed by atoms with Gasteiger partial charge in [-0.05, 0) is 31.8 Å². The maximum atomic E-state index is 5.97. The molecule has 1 aromatic carbocycles. The fourth-order valence-electron chi connectivity index (χ4n) is 1.37. The lowest BCUT2D eigenvalue weighted by atomic mass is 10.3. The van der Waals surface area contributed by atoms with Gasteiger partial charge in [0.1, 0.15) is 6.61 Å². The van der Waals surface area contributed by atoms with Crippen molar-refractivity contribution >= 4 is 8.32 Å². The lowest BCUT2D eigenvalue weighted by molar-refractivity contribution is 0.292. The van der Waals surface area contributed by atoms with Crippen molar-refractivity contribution in [3.63, 3.8) is 0 Å². The number of methoxy groups -OCH3 is 1. The molecule has 0 heterocycles. The highest BCUT2D eigenvalue weighted by Crippen LogP contribution is 2.38. The van der Waals surface area contributed by atoms with Gasteiger partial charge < -0.3 is 19.6 Å². The van der Waals surface area contributed by atoms with Gasteiger partial charge in [0.25, 0.3) is 0 Å². The Kier molecular flexibility index (Phi) is 4.83. The fourth-order valence-corrected chi connectivity index (χ4v) is 2.19. The first-order valence-electron chi connectivity index (χ1n) is 5.67. The SMILES string of the molecule is COc1cccc(O[Si](C)(C)C)c1OCCN. The Morgan fingerprint density at radius 1 is 1.18 bits per heavy atom. The van der Waals surface area contributed by atoms with Crippen LogP contribution in [0, 0.1) is 0 Å². The van der Waals surface area contributed by atoms with E-state index >= 15 is 0 Å². The number of nitrogens with two attached hydrogens (primary N) is 1.